The number of aryl methyl sites for hydroxylation is 1. The van der Waals surface area contributed by atoms with Crippen LogP contribution in [0.1, 0.15) is 34.5 Å². The lowest BCUT2D eigenvalue weighted by molar-refractivity contribution is -0.0326. The van der Waals surface area contributed by atoms with E-state index in [4.69, 9.17) is 14.2 Å². The van der Waals surface area contributed by atoms with Crippen LogP contribution < -0.4 is 19.6 Å². The molecule has 1 N–H and O–H groups in total. The summed E-state index contributed by atoms with van der Waals surface area (Å²) in [5, 5.41) is 2.17. The third kappa shape index (κ3) is 2.66. The quantitative estimate of drug-likeness (QED) is 0.693. The molecule has 0 aromatic heterocycles. The number of fused-ring (bicyclic) bond motifs is 4. The molecular weight excluding hydrogens is 364 g/mol. The average molecular weight is 384 g/mol. The van der Waals surface area contributed by atoms with Crippen molar-refractivity contribution in [1.82, 2.24) is 10.4 Å². The molecule has 0 saturated carbocycles. The third-order valence-electron chi connectivity index (χ3n) is 5.65. The molecule has 3 aliphatic rings. The van der Waals surface area contributed by atoms with E-state index in [2.05, 4.69) is 65.9 Å². The molecule has 3 aromatic rings. The molecule has 0 amide bonds. The van der Waals surface area contributed by atoms with Crippen LogP contribution in [-0.2, 0) is 0 Å². The molecule has 6 rings (SSSR count). The van der Waals surface area contributed by atoms with Crippen LogP contribution in [0.5, 0.6) is 17.2 Å². The zero-order valence-electron chi connectivity index (χ0n) is 16.0. The maximum absolute atomic E-state index is 6.42. The Hall–Kier alpha value is -3.44. The van der Waals surface area contributed by atoms with Crippen molar-refractivity contribution in [2.75, 3.05) is 6.79 Å². The van der Waals surface area contributed by atoms with Gasteiger partial charge in [0.2, 0.25) is 6.79 Å². The van der Waals surface area contributed by atoms with Gasteiger partial charge in [0.1, 0.15) is 5.75 Å². The van der Waals surface area contributed by atoms with Crippen molar-refractivity contribution in [2.45, 2.75) is 19.2 Å². The first-order valence-corrected chi connectivity index (χ1v) is 9.75. The van der Waals surface area contributed by atoms with Gasteiger partial charge in [-0.3, -0.25) is 0 Å². The topological polar surface area (TPSA) is 43.0 Å². The van der Waals surface area contributed by atoms with Gasteiger partial charge in [-0.15, -0.1) is 0 Å². The summed E-state index contributed by atoms with van der Waals surface area (Å²) in [6.45, 7) is 2.37. The van der Waals surface area contributed by atoms with E-state index in [9.17, 15) is 0 Å². The molecule has 5 nitrogen and oxygen atoms in total. The van der Waals surface area contributed by atoms with Crippen LogP contribution in [0.2, 0.25) is 0 Å². The monoisotopic (exact) mass is 384 g/mol. The van der Waals surface area contributed by atoms with Gasteiger partial charge in [-0.2, -0.15) is 5.01 Å². The number of rotatable bonds is 2. The molecule has 3 aromatic carbocycles. The Bertz CT molecular complexity index is 1120. The first-order chi connectivity index (χ1) is 14.3. The Morgan fingerprint density at radius 2 is 1.72 bits per heavy atom. The van der Waals surface area contributed by atoms with Gasteiger partial charge in [0.15, 0.2) is 17.7 Å². The predicted octanol–water partition coefficient (Wildman–Crippen LogP) is 4.72. The number of hydrazine groups is 1. The van der Waals surface area contributed by atoms with E-state index in [0.717, 1.165) is 39.6 Å². The molecule has 0 fully saturated rings. The highest BCUT2D eigenvalue weighted by molar-refractivity contribution is 5.70. The third-order valence-corrected chi connectivity index (χ3v) is 5.65. The fraction of sp³-hybridized carbons (Fsp3) is 0.167. The fourth-order valence-electron chi connectivity index (χ4n) is 4.12. The summed E-state index contributed by atoms with van der Waals surface area (Å²) in [5.74, 6) is 2.49. The predicted molar refractivity (Wildman–Crippen MR) is 109 cm³/mol. The maximum Gasteiger partial charge on any atom is 0.231 e. The van der Waals surface area contributed by atoms with Crippen LogP contribution in [0, 0.1) is 6.92 Å². The summed E-state index contributed by atoms with van der Waals surface area (Å²) in [6, 6.07) is 22.9. The molecule has 0 radical (unpaired) electrons. The molecule has 0 spiro atoms. The van der Waals surface area contributed by atoms with Gasteiger partial charge in [0, 0.05) is 16.7 Å². The zero-order chi connectivity index (χ0) is 19.4. The van der Waals surface area contributed by atoms with Crippen LogP contribution in [0.4, 0.5) is 0 Å². The molecule has 3 aliphatic heterocycles. The van der Waals surface area contributed by atoms with Crippen molar-refractivity contribution in [3.8, 4) is 17.2 Å². The first-order valence-electron chi connectivity index (χ1n) is 9.75. The van der Waals surface area contributed by atoms with Gasteiger partial charge in [0.25, 0.3) is 0 Å². The molecule has 0 aliphatic carbocycles. The second kappa shape index (κ2) is 6.29. The van der Waals surface area contributed by atoms with Crippen LogP contribution in [0.3, 0.4) is 0 Å². The number of benzene rings is 3. The van der Waals surface area contributed by atoms with E-state index in [1.807, 2.05) is 24.3 Å². The Morgan fingerprint density at radius 3 is 2.62 bits per heavy atom. The first kappa shape index (κ1) is 16.5. The lowest BCUT2D eigenvalue weighted by Gasteiger charge is -2.39. The molecule has 29 heavy (non-hydrogen) atoms. The number of nitrogens with one attached hydrogen (secondary N) is 1. The molecule has 0 bridgehead atoms. The minimum atomic E-state index is -0.224. The normalized spacial score (nSPS) is 21.6. The number of para-hydroxylation sites is 1. The zero-order valence-corrected chi connectivity index (χ0v) is 16.0. The van der Waals surface area contributed by atoms with Gasteiger partial charge in [-0.05, 0) is 37.3 Å². The Balaban J connectivity index is 1.41. The Morgan fingerprint density at radius 1 is 0.897 bits per heavy atom. The standard InChI is InChI=1S/C24H20N2O3/c1-15-6-8-16(9-7-15)24-26-20(18-4-2-3-5-21(18)29-24)13-19(25-26)17-10-11-22-23(12-17)28-14-27-22/h2-13,20,24-25H,14H2,1H3/t20-,24+/m0/s1. The molecule has 144 valence electrons. The van der Waals surface area contributed by atoms with E-state index < -0.39 is 0 Å². The Labute approximate surface area is 169 Å². The number of nitrogens with zero attached hydrogens (tertiary/aromatic N) is 1. The summed E-state index contributed by atoms with van der Waals surface area (Å²) < 4.78 is 17.4. The van der Waals surface area contributed by atoms with Crippen molar-refractivity contribution in [2.24, 2.45) is 0 Å². The lowest BCUT2D eigenvalue weighted by atomic mass is 10.0. The minimum absolute atomic E-state index is 0.0756. The van der Waals surface area contributed by atoms with E-state index in [1.54, 1.807) is 0 Å². The molecule has 2 atom stereocenters. The van der Waals surface area contributed by atoms with Crippen molar-refractivity contribution >= 4 is 5.70 Å². The van der Waals surface area contributed by atoms with Crippen molar-refractivity contribution < 1.29 is 14.2 Å². The average Bonchev–Trinajstić information content (AvgIpc) is 3.40. The summed E-state index contributed by atoms with van der Waals surface area (Å²) in [6.07, 6.45) is 2.03. The number of ether oxygens (including phenoxy) is 3. The summed E-state index contributed by atoms with van der Waals surface area (Å²) in [4.78, 5) is 0. The highest BCUT2D eigenvalue weighted by atomic mass is 16.7. The molecular formula is C24H20N2O3. The van der Waals surface area contributed by atoms with Gasteiger partial charge >= 0.3 is 0 Å². The second-order valence-corrected chi connectivity index (χ2v) is 7.53. The van der Waals surface area contributed by atoms with E-state index in [1.165, 1.54) is 5.56 Å². The van der Waals surface area contributed by atoms with E-state index in [0.29, 0.717) is 0 Å². The van der Waals surface area contributed by atoms with Crippen LogP contribution in [0.15, 0.2) is 72.8 Å². The highest BCUT2D eigenvalue weighted by Crippen LogP contribution is 2.46. The summed E-state index contributed by atoms with van der Waals surface area (Å²) in [7, 11) is 0. The van der Waals surface area contributed by atoms with E-state index in [-0.39, 0.29) is 19.1 Å². The molecule has 3 heterocycles. The molecule has 0 unspecified atom stereocenters. The van der Waals surface area contributed by atoms with Crippen molar-refractivity contribution in [1.29, 1.82) is 0 Å². The van der Waals surface area contributed by atoms with Gasteiger partial charge in [-0.25, -0.2) is 0 Å². The number of hydrogen-bond acceptors (Lipinski definition) is 5. The largest absolute Gasteiger partial charge is 0.469 e. The smallest absolute Gasteiger partial charge is 0.231 e. The molecule has 0 saturated heterocycles. The fourth-order valence-corrected chi connectivity index (χ4v) is 4.12. The molecule has 5 heteroatoms. The van der Waals surface area contributed by atoms with Crippen molar-refractivity contribution in [3.05, 3.63) is 95.1 Å². The maximum atomic E-state index is 6.42. The van der Waals surface area contributed by atoms with E-state index >= 15 is 0 Å². The van der Waals surface area contributed by atoms with Crippen LogP contribution in [0.25, 0.3) is 5.70 Å². The summed E-state index contributed by atoms with van der Waals surface area (Å²) in [5.41, 5.74) is 9.17. The second-order valence-electron chi connectivity index (χ2n) is 7.53. The number of hydrogen-bond donors (Lipinski definition) is 1. The van der Waals surface area contributed by atoms with Crippen LogP contribution >= 0.6 is 0 Å². The highest BCUT2D eigenvalue weighted by Gasteiger charge is 2.40. The minimum Gasteiger partial charge on any atom is -0.469 e. The summed E-state index contributed by atoms with van der Waals surface area (Å²) >= 11 is 0. The van der Waals surface area contributed by atoms with Crippen molar-refractivity contribution in [3.63, 3.8) is 0 Å². The van der Waals surface area contributed by atoms with Gasteiger partial charge in [-0.1, -0.05) is 48.0 Å². The van der Waals surface area contributed by atoms with Gasteiger partial charge < -0.3 is 19.6 Å². The van der Waals surface area contributed by atoms with Crippen LogP contribution in [-0.4, -0.2) is 11.8 Å². The SMILES string of the molecule is Cc1ccc([C@H]2Oc3ccccc3[C@@H]3C=C(c4ccc5c(c4)OCO5)NN23)cc1. The lowest BCUT2D eigenvalue weighted by Crippen LogP contribution is -2.43. The van der Waals surface area contributed by atoms with Gasteiger partial charge in [0.05, 0.1) is 11.7 Å². The Kier molecular flexibility index (Phi) is 3.58.